The first-order valence-electron chi connectivity index (χ1n) is 10.5. The molecule has 1 saturated carbocycles. The second kappa shape index (κ2) is 11.1. The topological polar surface area (TPSA) is 70.7 Å². The number of methoxy groups -OCH3 is 1. The lowest BCUT2D eigenvalue weighted by Crippen LogP contribution is -2.49. The Morgan fingerprint density at radius 2 is 2.00 bits per heavy atom. The number of nitrogens with zero attached hydrogens (tertiary/aromatic N) is 1. The summed E-state index contributed by atoms with van der Waals surface area (Å²) in [5.74, 6) is 1.62. The highest BCUT2D eigenvalue weighted by atomic mass is 32.2. The summed E-state index contributed by atoms with van der Waals surface area (Å²) in [4.78, 5) is 24.4. The molecule has 0 bridgehead atoms. The number of carbonyl (C=O) groups is 2. The van der Waals surface area contributed by atoms with Gasteiger partial charge in [0.15, 0.2) is 0 Å². The number of amides is 2. The van der Waals surface area contributed by atoms with Crippen LogP contribution in [0.5, 0.6) is 5.75 Å². The second-order valence-electron chi connectivity index (χ2n) is 7.48. The van der Waals surface area contributed by atoms with Crippen LogP contribution in [-0.2, 0) is 9.59 Å². The molecule has 2 N–H and O–H groups in total. The van der Waals surface area contributed by atoms with Gasteiger partial charge < -0.3 is 10.1 Å². The molecule has 1 aliphatic carbocycles. The van der Waals surface area contributed by atoms with Gasteiger partial charge >= 0.3 is 0 Å². The summed E-state index contributed by atoms with van der Waals surface area (Å²) in [6, 6.07) is 7.60. The van der Waals surface area contributed by atoms with Crippen LogP contribution >= 0.6 is 11.8 Å². The van der Waals surface area contributed by atoms with E-state index in [4.69, 9.17) is 4.74 Å². The molecule has 2 aliphatic rings. The zero-order chi connectivity index (χ0) is 20.5. The highest BCUT2D eigenvalue weighted by Gasteiger charge is 2.22. The van der Waals surface area contributed by atoms with Gasteiger partial charge in [-0.15, -0.1) is 0 Å². The molecule has 1 fully saturated rings. The predicted molar refractivity (Wildman–Crippen MR) is 117 cm³/mol. The molecule has 1 aromatic carbocycles. The van der Waals surface area contributed by atoms with Gasteiger partial charge in [-0.1, -0.05) is 19.3 Å². The molecule has 0 atom stereocenters. The zero-order valence-corrected chi connectivity index (χ0v) is 17.9. The maximum atomic E-state index is 12.3. The molecule has 2 amide bonds. The van der Waals surface area contributed by atoms with Crippen molar-refractivity contribution in [3.8, 4) is 5.75 Å². The maximum absolute atomic E-state index is 12.3. The molecule has 0 saturated heterocycles. The van der Waals surface area contributed by atoms with Crippen molar-refractivity contribution in [3.63, 3.8) is 0 Å². The summed E-state index contributed by atoms with van der Waals surface area (Å²) < 4.78 is 5.18. The van der Waals surface area contributed by atoms with Gasteiger partial charge in [-0.25, -0.2) is 5.01 Å². The van der Waals surface area contributed by atoms with Crippen molar-refractivity contribution in [1.82, 2.24) is 15.8 Å². The molecule has 0 aromatic heterocycles. The Kier molecular flexibility index (Phi) is 8.28. The van der Waals surface area contributed by atoms with Crippen molar-refractivity contribution in [2.75, 3.05) is 26.0 Å². The van der Waals surface area contributed by atoms with Crippen molar-refractivity contribution in [3.05, 3.63) is 35.9 Å². The van der Waals surface area contributed by atoms with E-state index < -0.39 is 0 Å². The first-order valence-corrected chi connectivity index (χ1v) is 11.5. The standard InChI is InChI=1S/C22H31N3O3S/c1-28-18-10-8-17(9-11-18)20-12-13-22(27)25(24-20)16-21(26)23-14-5-15-29-19-6-3-2-4-7-19/h8-12,19,24H,2-7,13-16H2,1H3,(H,23,26). The van der Waals surface area contributed by atoms with Crippen LogP contribution in [0.15, 0.2) is 30.3 Å². The van der Waals surface area contributed by atoms with Crippen LogP contribution < -0.4 is 15.5 Å². The lowest BCUT2D eigenvalue weighted by molar-refractivity contribution is -0.137. The number of nitrogens with one attached hydrogen (secondary N) is 2. The first-order chi connectivity index (χ1) is 14.2. The number of rotatable bonds is 9. The average molecular weight is 418 g/mol. The second-order valence-corrected chi connectivity index (χ2v) is 8.88. The lowest BCUT2D eigenvalue weighted by atomic mass is 10.0. The number of hydrogen-bond donors (Lipinski definition) is 2. The smallest absolute Gasteiger partial charge is 0.245 e. The number of benzene rings is 1. The van der Waals surface area contributed by atoms with Crippen LogP contribution in [0.2, 0.25) is 0 Å². The SMILES string of the molecule is COc1ccc(C2=CCC(=O)N(CC(=O)NCCCSC3CCCCC3)N2)cc1. The third-order valence-electron chi connectivity index (χ3n) is 5.29. The Morgan fingerprint density at radius 3 is 2.72 bits per heavy atom. The largest absolute Gasteiger partial charge is 0.497 e. The van der Waals surface area contributed by atoms with E-state index in [1.807, 2.05) is 42.1 Å². The van der Waals surface area contributed by atoms with Crippen molar-refractivity contribution < 1.29 is 14.3 Å². The number of carbonyl (C=O) groups excluding carboxylic acids is 2. The first kappa shape index (κ1) is 21.6. The van der Waals surface area contributed by atoms with Gasteiger partial charge in [0.2, 0.25) is 11.8 Å². The molecular weight excluding hydrogens is 386 g/mol. The Balaban J connectivity index is 1.38. The summed E-state index contributed by atoms with van der Waals surface area (Å²) in [6.45, 7) is 0.670. The van der Waals surface area contributed by atoms with Crippen molar-refractivity contribution in [1.29, 1.82) is 0 Å². The fourth-order valence-electron chi connectivity index (χ4n) is 3.61. The highest BCUT2D eigenvalue weighted by Crippen LogP contribution is 2.28. The Bertz CT molecular complexity index is 715. The molecular formula is C22H31N3O3S. The minimum Gasteiger partial charge on any atom is -0.497 e. The van der Waals surface area contributed by atoms with Gasteiger partial charge in [0, 0.05) is 18.2 Å². The molecule has 158 valence electrons. The molecule has 1 aliphatic heterocycles. The fraction of sp³-hybridized carbons (Fsp3) is 0.545. The van der Waals surface area contributed by atoms with E-state index in [2.05, 4.69) is 10.7 Å². The molecule has 0 unspecified atom stereocenters. The van der Waals surface area contributed by atoms with Crippen LogP contribution in [-0.4, -0.2) is 48.0 Å². The van der Waals surface area contributed by atoms with E-state index in [0.29, 0.717) is 6.54 Å². The molecule has 1 aromatic rings. The highest BCUT2D eigenvalue weighted by molar-refractivity contribution is 7.99. The average Bonchev–Trinajstić information content (AvgIpc) is 2.76. The predicted octanol–water partition coefficient (Wildman–Crippen LogP) is 3.35. The number of thioether (sulfide) groups is 1. The Hall–Kier alpha value is -2.15. The van der Waals surface area contributed by atoms with Gasteiger partial charge in [0.1, 0.15) is 12.3 Å². The molecule has 3 rings (SSSR count). The van der Waals surface area contributed by atoms with E-state index in [-0.39, 0.29) is 24.8 Å². The Labute approximate surface area is 177 Å². The normalized spacial score (nSPS) is 17.5. The molecule has 0 radical (unpaired) electrons. The minimum atomic E-state index is -0.135. The van der Waals surface area contributed by atoms with Crippen molar-refractivity contribution in [2.24, 2.45) is 0 Å². The van der Waals surface area contributed by atoms with Crippen LogP contribution in [0.4, 0.5) is 0 Å². The monoisotopic (exact) mass is 417 g/mol. The summed E-state index contributed by atoms with van der Waals surface area (Å²) in [6.07, 6.45) is 9.86. The fourth-order valence-corrected chi connectivity index (χ4v) is 4.93. The molecule has 1 heterocycles. The third kappa shape index (κ3) is 6.70. The molecule has 7 heteroatoms. The van der Waals surface area contributed by atoms with Crippen LogP contribution in [0.1, 0.15) is 50.5 Å². The summed E-state index contributed by atoms with van der Waals surface area (Å²) in [5.41, 5.74) is 4.84. The quantitative estimate of drug-likeness (QED) is 0.603. The number of ether oxygens (including phenoxy) is 1. The van der Waals surface area contributed by atoms with E-state index in [9.17, 15) is 9.59 Å². The van der Waals surface area contributed by atoms with Gasteiger partial charge in [-0.2, -0.15) is 11.8 Å². The summed E-state index contributed by atoms with van der Waals surface area (Å²) in [5, 5.41) is 5.13. The minimum absolute atomic E-state index is 0.0160. The van der Waals surface area contributed by atoms with E-state index in [1.54, 1.807) is 7.11 Å². The van der Waals surface area contributed by atoms with Crippen LogP contribution in [0.3, 0.4) is 0 Å². The van der Waals surface area contributed by atoms with Crippen molar-refractivity contribution >= 4 is 29.3 Å². The molecule has 6 nitrogen and oxygen atoms in total. The zero-order valence-electron chi connectivity index (χ0n) is 17.1. The van der Waals surface area contributed by atoms with Gasteiger partial charge in [0.05, 0.1) is 12.8 Å². The summed E-state index contributed by atoms with van der Waals surface area (Å²) >= 11 is 2.04. The van der Waals surface area contributed by atoms with E-state index in [0.717, 1.165) is 34.4 Å². The van der Waals surface area contributed by atoms with Crippen molar-refractivity contribution in [2.45, 2.75) is 50.2 Å². The van der Waals surface area contributed by atoms with Gasteiger partial charge in [-0.3, -0.25) is 15.0 Å². The van der Waals surface area contributed by atoms with E-state index in [1.165, 1.54) is 37.1 Å². The van der Waals surface area contributed by atoms with Crippen LogP contribution in [0.25, 0.3) is 5.70 Å². The Morgan fingerprint density at radius 1 is 1.24 bits per heavy atom. The maximum Gasteiger partial charge on any atom is 0.245 e. The molecule has 29 heavy (non-hydrogen) atoms. The van der Waals surface area contributed by atoms with Crippen LogP contribution in [0, 0.1) is 0 Å². The third-order valence-corrected chi connectivity index (χ3v) is 6.76. The number of hydrogen-bond acceptors (Lipinski definition) is 5. The lowest BCUT2D eigenvalue weighted by Gasteiger charge is -2.29. The number of hydrazine groups is 1. The van der Waals surface area contributed by atoms with E-state index >= 15 is 0 Å². The van der Waals surface area contributed by atoms with Gasteiger partial charge in [-0.05, 0) is 60.9 Å². The summed E-state index contributed by atoms with van der Waals surface area (Å²) in [7, 11) is 1.63. The van der Waals surface area contributed by atoms with Gasteiger partial charge in [0.25, 0.3) is 0 Å². The molecule has 0 spiro atoms.